The van der Waals surface area contributed by atoms with Crippen molar-refractivity contribution < 1.29 is 4.74 Å². The number of nitrogens with two attached hydrogens (primary N) is 2. The Kier molecular flexibility index (Phi) is 6.66. The number of nitrogens with zero attached hydrogens (tertiary/aromatic N) is 2. The van der Waals surface area contributed by atoms with Crippen molar-refractivity contribution in [3.05, 3.63) is 0 Å². The Morgan fingerprint density at radius 3 is 2.46 bits per heavy atom. The van der Waals surface area contributed by atoms with Crippen LogP contribution in [0.15, 0.2) is 4.99 Å². The van der Waals surface area contributed by atoms with Crippen LogP contribution in [0.2, 0.25) is 0 Å². The molecule has 1 aliphatic rings. The summed E-state index contributed by atoms with van der Waals surface area (Å²) in [5.41, 5.74) is 10.4. The van der Waals surface area contributed by atoms with Crippen LogP contribution in [-0.4, -0.2) is 50.3 Å². The monoisotopic (exact) mass is 208 g/mol. The van der Waals surface area contributed by atoms with Gasteiger partial charge in [0.15, 0.2) is 5.96 Å². The summed E-state index contributed by atoms with van der Waals surface area (Å²) in [6.45, 7) is 5.22. The molecule has 0 spiro atoms. The van der Waals surface area contributed by atoms with Crippen LogP contribution in [0, 0.1) is 0 Å². The molecule has 0 aromatic heterocycles. The quantitative estimate of drug-likeness (QED) is 0.462. The van der Waals surface area contributed by atoms with E-state index in [0.717, 1.165) is 32.8 Å². The van der Waals surface area contributed by atoms with Crippen molar-refractivity contribution in [2.24, 2.45) is 16.5 Å². The second kappa shape index (κ2) is 6.94. The van der Waals surface area contributed by atoms with Crippen LogP contribution in [0.5, 0.6) is 0 Å². The van der Waals surface area contributed by atoms with Crippen LogP contribution >= 0.6 is 12.4 Å². The van der Waals surface area contributed by atoms with Crippen molar-refractivity contribution in [2.75, 3.05) is 39.4 Å². The standard InChI is InChI=1S/C7H16N4O.ClH/c8-7(9)10-1-2-11-3-5-12-6-4-11;/h1-6H2,(H4,8,9,10);1H. The maximum absolute atomic E-state index is 5.20. The minimum absolute atomic E-state index is 0. The molecule has 78 valence electrons. The molecule has 0 aromatic carbocycles. The highest BCUT2D eigenvalue weighted by atomic mass is 35.5. The Labute approximate surface area is 84.5 Å². The Bertz CT molecular complexity index is 155. The zero-order chi connectivity index (χ0) is 8.81. The Morgan fingerprint density at radius 1 is 1.31 bits per heavy atom. The molecule has 0 radical (unpaired) electrons. The lowest BCUT2D eigenvalue weighted by Crippen LogP contribution is -2.38. The van der Waals surface area contributed by atoms with E-state index in [4.69, 9.17) is 16.2 Å². The van der Waals surface area contributed by atoms with E-state index in [9.17, 15) is 0 Å². The first-order valence-electron chi connectivity index (χ1n) is 4.14. The molecule has 0 atom stereocenters. The number of ether oxygens (including phenoxy) is 1. The second-order valence-electron chi connectivity index (χ2n) is 2.76. The predicted octanol–water partition coefficient (Wildman–Crippen LogP) is -0.986. The molecule has 0 bridgehead atoms. The zero-order valence-electron chi connectivity index (χ0n) is 7.61. The molecule has 1 heterocycles. The normalized spacial score (nSPS) is 17.5. The number of hydrogen-bond donors (Lipinski definition) is 2. The van der Waals surface area contributed by atoms with Crippen LogP contribution in [-0.2, 0) is 4.74 Å². The van der Waals surface area contributed by atoms with Crippen molar-refractivity contribution >= 4 is 18.4 Å². The average Bonchev–Trinajstić information content (AvgIpc) is 2.05. The third-order valence-electron chi connectivity index (χ3n) is 1.81. The number of morpholine rings is 1. The van der Waals surface area contributed by atoms with Gasteiger partial charge in [-0.15, -0.1) is 12.4 Å². The van der Waals surface area contributed by atoms with Gasteiger partial charge in [0.05, 0.1) is 19.8 Å². The van der Waals surface area contributed by atoms with E-state index in [0.29, 0.717) is 6.54 Å². The van der Waals surface area contributed by atoms with Crippen molar-refractivity contribution in [1.82, 2.24) is 4.90 Å². The van der Waals surface area contributed by atoms with Crippen molar-refractivity contribution in [1.29, 1.82) is 0 Å². The highest BCUT2D eigenvalue weighted by molar-refractivity contribution is 5.85. The third-order valence-corrected chi connectivity index (χ3v) is 1.81. The highest BCUT2D eigenvalue weighted by Gasteiger charge is 2.08. The molecule has 1 fully saturated rings. The van der Waals surface area contributed by atoms with Gasteiger partial charge in [-0.1, -0.05) is 0 Å². The number of aliphatic imine (C=N–C) groups is 1. The largest absolute Gasteiger partial charge is 0.379 e. The average molecular weight is 209 g/mol. The molecule has 6 heteroatoms. The Hall–Kier alpha value is -0.520. The molecule has 0 aromatic rings. The summed E-state index contributed by atoms with van der Waals surface area (Å²) in [4.78, 5) is 6.20. The van der Waals surface area contributed by atoms with Gasteiger partial charge in [0.25, 0.3) is 0 Å². The van der Waals surface area contributed by atoms with Gasteiger partial charge in [-0.2, -0.15) is 0 Å². The van der Waals surface area contributed by atoms with Gasteiger partial charge < -0.3 is 16.2 Å². The SMILES string of the molecule is Cl.NC(N)=NCCN1CCOCC1. The molecule has 1 rings (SSSR count). The molecule has 0 amide bonds. The summed E-state index contributed by atoms with van der Waals surface area (Å²) in [5.74, 6) is 0.170. The molecular weight excluding hydrogens is 192 g/mol. The molecule has 4 N–H and O–H groups in total. The zero-order valence-corrected chi connectivity index (χ0v) is 8.42. The maximum Gasteiger partial charge on any atom is 0.185 e. The third kappa shape index (κ3) is 5.68. The number of halogens is 1. The first-order valence-corrected chi connectivity index (χ1v) is 4.14. The minimum Gasteiger partial charge on any atom is -0.379 e. The van der Waals surface area contributed by atoms with Crippen molar-refractivity contribution in [3.63, 3.8) is 0 Å². The lowest BCUT2D eigenvalue weighted by Gasteiger charge is -2.25. The lowest BCUT2D eigenvalue weighted by molar-refractivity contribution is 0.0394. The van der Waals surface area contributed by atoms with Gasteiger partial charge in [-0.3, -0.25) is 9.89 Å². The molecule has 1 aliphatic heterocycles. The van der Waals surface area contributed by atoms with Crippen LogP contribution in [0.1, 0.15) is 0 Å². The van der Waals surface area contributed by atoms with Crippen LogP contribution in [0.4, 0.5) is 0 Å². The van der Waals surface area contributed by atoms with Crippen LogP contribution in [0.3, 0.4) is 0 Å². The van der Waals surface area contributed by atoms with Crippen LogP contribution < -0.4 is 11.5 Å². The van der Waals surface area contributed by atoms with Gasteiger partial charge in [0.1, 0.15) is 0 Å². The maximum atomic E-state index is 5.20. The second-order valence-corrected chi connectivity index (χ2v) is 2.76. The summed E-state index contributed by atoms with van der Waals surface area (Å²) in [6, 6.07) is 0. The summed E-state index contributed by atoms with van der Waals surface area (Å²) < 4.78 is 5.20. The minimum atomic E-state index is 0. The Morgan fingerprint density at radius 2 is 1.92 bits per heavy atom. The summed E-state index contributed by atoms with van der Waals surface area (Å²) in [5, 5.41) is 0. The molecule has 1 saturated heterocycles. The van der Waals surface area contributed by atoms with Gasteiger partial charge in [0.2, 0.25) is 0 Å². The summed E-state index contributed by atoms with van der Waals surface area (Å²) in [7, 11) is 0. The van der Waals surface area contributed by atoms with Gasteiger partial charge >= 0.3 is 0 Å². The molecule has 0 unspecified atom stereocenters. The van der Waals surface area contributed by atoms with Crippen molar-refractivity contribution in [2.45, 2.75) is 0 Å². The topological polar surface area (TPSA) is 76.9 Å². The number of hydrogen-bond acceptors (Lipinski definition) is 3. The van der Waals surface area contributed by atoms with E-state index in [1.807, 2.05) is 0 Å². The fraction of sp³-hybridized carbons (Fsp3) is 0.857. The molecular formula is C7H17ClN4O. The molecule has 0 saturated carbocycles. The van der Waals surface area contributed by atoms with E-state index in [1.54, 1.807) is 0 Å². The molecule has 5 nitrogen and oxygen atoms in total. The smallest absolute Gasteiger partial charge is 0.185 e. The first-order chi connectivity index (χ1) is 5.79. The fourth-order valence-electron chi connectivity index (χ4n) is 1.15. The molecule has 13 heavy (non-hydrogen) atoms. The van der Waals surface area contributed by atoms with Gasteiger partial charge in [-0.25, -0.2) is 0 Å². The highest BCUT2D eigenvalue weighted by Crippen LogP contribution is 1.95. The van der Waals surface area contributed by atoms with E-state index >= 15 is 0 Å². The summed E-state index contributed by atoms with van der Waals surface area (Å²) >= 11 is 0. The van der Waals surface area contributed by atoms with Crippen molar-refractivity contribution in [3.8, 4) is 0 Å². The van der Waals surface area contributed by atoms with E-state index in [1.165, 1.54) is 0 Å². The molecule has 0 aliphatic carbocycles. The van der Waals surface area contributed by atoms with Gasteiger partial charge in [0, 0.05) is 19.6 Å². The first kappa shape index (κ1) is 12.5. The lowest BCUT2D eigenvalue weighted by atomic mass is 10.4. The van der Waals surface area contributed by atoms with E-state index in [2.05, 4.69) is 9.89 Å². The number of guanidine groups is 1. The van der Waals surface area contributed by atoms with E-state index in [-0.39, 0.29) is 18.4 Å². The van der Waals surface area contributed by atoms with E-state index < -0.39 is 0 Å². The number of rotatable bonds is 3. The Balaban J connectivity index is 0.00000144. The van der Waals surface area contributed by atoms with Crippen LogP contribution in [0.25, 0.3) is 0 Å². The predicted molar refractivity (Wildman–Crippen MR) is 55.2 cm³/mol. The fourth-order valence-corrected chi connectivity index (χ4v) is 1.15. The summed E-state index contributed by atoms with van der Waals surface area (Å²) in [6.07, 6.45) is 0. The van der Waals surface area contributed by atoms with Gasteiger partial charge in [-0.05, 0) is 0 Å².